The molecule has 1 amide bonds. The number of alkyl halides is 1. The Balaban J connectivity index is 1.97. The molecule has 0 aromatic heterocycles. The number of halogens is 1. The van der Waals surface area contributed by atoms with Crippen molar-refractivity contribution in [2.45, 2.75) is 31.3 Å². The number of nitrogens with one attached hydrogen (secondary N) is 1. The second-order valence-corrected chi connectivity index (χ2v) is 5.71. The first-order chi connectivity index (χ1) is 9.70. The Hall–Kier alpha value is -1.07. The maximum Gasteiger partial charge on any atom is 0.256 e. The van der Waals surface area contributed by atoms with Gasteiger partial charge in [-0.2, -0.15) is 0 Å². The highest BCUT2D eigenvalue weighted by Crippen LogP contribution is 2.33. The Morgan fingerprint density at radius 3 is 2.50 bits per heavy atom. The van der Waals surface area contributed by atoms with Crippen molar-refractivity contribution in [2.24, 2.45) is 0 Å². The minimum Gasteiger partial charge on any atom is -0.493 e. The normalized spacial score (nSPS) is 16.9. The zero-order chi connectivity index (χ0) is 14.4. The third-order valence-electron chi connectivity index (χ3n) is 3.67. The molecule has 1 fully saturated rings. The van der Waals surface area contributed by atoms with Gasteiger partial charge < -0.3 is 14.8 Å². The van der Waals surface area contributed by atoms with Crippen LogP contribution >= 0.6 is 15.9 Å². The molecule has 0 atom stereocenters. The number of ether oxygens (including phenoxy) is 2. The van der Waals surface area contributed by atoms with Crippen LogP contribution in [0, 0.1) is 0 Å². The SMILES string of the molecule is COC1(C(=O)Nc2ccc(OCCBr)cc2)CCCC1. The highest BCUT2D eigenvalue weighted by atomic mass is 79.9. The van der Waals surface area contributed by atoms with Gasteiger partial charge in [-0.15, -0.1) is 0 Å². The van der Waals surface area contributed by atoms with E-state index in [0.29, 0.717) is 6.61 Å². The standard InChI is InChI=1S/C15H20BrNO3/c1-19-15(8-2-3-9-15)14(18)17-12-4-6-13(7-5-12)20-11-10-16/h4-7H,2-3,8-11H2,1H3,(H,17,18). The smallest absolute Gasteiger partial charge is 0.256 e. The number of hydrogen-bond donors (Lipinski definition) is 1. The van der Waals surface area contributed by atoms with Gasteiger partial charge in [0.25, 0.3) is 5.91 Å². The zero-order valence-corrected chi connectivity index (χ0v) is 13.2. The predicted molar refractivity (Wildman–Crippen MR) is 82.6 cm³/mol. The van der Waals surface area contributed by atoms with E-state index in [1.807, 2.05) is 24.3 Å². The fourth-order valence-electron chi connectivity index (χ4n) is 2.51. The van der Waals surface area contributed by atoms with Gasteiger partial charge in [0.1, 0.15) is 11.4 Å². The number of anilines is 1. The number of rotatable bonds is 6. The lowest BCUT2D eigenvalue weighted by atomic mass is 10.0. The van der Waals surface area contributed by atoms with E-state index in [2.05, 4.69) is 21.2 Å². The van der Waals surface area contributed by atoms with Gasteiger partial charge >= 0.3 is 0 Å². The summed E-state index contributed by atoms with van der Waals surface area (Å²) in [6.45, 7) is 0.624. The molecular weight excluding hydrogens is 322 g/mol. The first-order valence-corrected chi connectivity index (χ1v) is 7.98. The Bertz CT molecular complexity index is 441. The van der Waals surface area contributed by atoms with Gasteiger partial charge in [0, 0.05) is 18.1 Å². The molecule has 0 heterocycles. The van der Waals surface area contributed by atoms with Crippen LogP contribution in [0.4, 0.5) is 5.69 Å². The Kier molecular flexibility index (Phi) is 5.43. The van der Waals surface area contributed by atoms with Crippen LogP contribution in [0.5, 0.6) is 5.75 Å². The van der Waals surface area contributed by atoms with Crippen molar-refractivity contribution in [3.63, 3.8) is 0 Å². The Morgan fingerprint density at radius 2 is 1.95 bits per heavy atom. The van der Waals surface area contributed by atoms with E-state index in [-0.39, 0.29) is 5.91 Å². The summed E-state index contributed by atoms with van der Waals surface area (Å²) in [5.41, 5.74) is 0.120. The van der Waals surface area contributed by atoms with E-state index in [4.69, 9.17) is 9.47 Å². The summed E-state index contributed by atoms with van der Waals surface area (Å²) in [6, 6.07) is 7.40. The molecule has 0 unspecified atom stereocenters. The summed E-state index contributed by atoms with van der Waals surface area (Å²) in [5.74, 6) is 0.747. The maximum atomic E-state index is 12.4. The van der Waals surface area contributed by atoms with Crippen LogP contribution in [0.1, 0.15) is 25.7 Å². The number of methoxy groups -OCH3 is 1. The third-order valence-corrected chi connectivity index (χ3v) is 4.00. The predicted octanol–water partition coefficient (Wildman–Crippen LogP) is 3.36. The van der Waals surface area contributed by atoms with E-state index < -0.39 is 5.60 Å². The topological polar surface area (TPSA) is 47.6 Å². The van der Waals surface area contributed by atoms with Crippen LogP contribution in [-0.2, 0) is 9.53 Å². The third kappa shape index (κ3) is 3.52. The molecule has 1 saturated carbocycles. The lowest BCUT2D eigenvalue weighted by molar-refractivity contribution is -0.136. The minimum absolute atomic E-state index is 0.0494. The van der Waals surface area contributed by atoms with Gasteiger partial charge in [-0.25, -0.2) is 0 Å². The molecule has 1 aliphatic carbocycles. The number of carbonyl (C=O) groups excluding carboxylic acids is 1. The van der Waals surface area contributed by atoms with Gasteiger partial charge in [0.05, 0.1) is 6.61 Å². The molecule has 1 aliphatic rings. The van der Waals surface area contributed by atoms with Crippen molar-refractivity contribution in [1.29, 1.82) is 0 Å². The molecule has 4 nitrogen and oxygen atoms in total. The molecule has 0 radical (unpaired) electrons. The van der Waals surface area contributed by atoms with Crippen LogP contribution in [0.3, 0.4) is 0 Å². The summed E-state index contributed by atoms with van der Waals surface area (Å²) in [5, 5.41) is 3.72. The number of amides is 1. The molecule has 0 bridgehead atoms. The van der Waals surface area contributed by atoms with Crippen molar-refractivity contribution >= 4 is 27.5 Å². The van der Waals surface area contributed by atoms with E-state index in [1.54, 1.807) is 7.11 Å². The second-order valence-electron chi connectivity index (χ2n) is 4.92. The van der Waals surface area contributed by atoms with E-state index in [1.165, 1.54) is 0 Å². The molecule has 0 spiro atoms. The molecule has 0 saturated heterocycles. The van der Waals surface area contributed by atoms with Crippen LogP contribution in [0.15, 0.2) is 24.3 Å². The average molecular weight is 342 g/mol. The van der Waals surface area contributed by atoms with Gasteiger partial charge in [-0.05, 0) is 49.9 Å². The summed E-state index contributed by atoms with van der Waals surface area (Å²) in [7, 11) is 1.61. The summed E-state index contributed by atoms with van der Waals surface area (Å²) < 4.78 is 10.9. The molecule has 0 aliphatic heterocycles. The largest absolute Gasteiger partial charge is 0.493 e. The van der Waals surface area contributed by atoms with E-state index in [0.717, 1.165) is 42.5 Å². The van der Waals surface area contributed by atoms with Crippen LogP contribution < -0.4 is 10.1 Å². The quantitative estimate of drug-likeness (QED) is 0.807. The molecular formula is C15H20BrNO3. The van der Waals surface area contributed by atoms with Crippen molar-refractivity contribution in [2.75, 3.05) is 24.4 Å². The van der Waals surface area contributed by atoms with Crippen molar-refractivity contribution in [3.8, 4) is 5.75 Å². The number of carbonyl (C=O) groups is 1. The number of hydrogen-bond acceptors (Lipinski definition) is 3. The second kappa shape index (κ2) is 7.09. The highest BCUT2D eigenvalue weighted by Gasteiger charge is 2.41. The Morgan fingerprint density at radius 1 is 1.30 bits per heavy atom. The summed E-state index contributed by atoms with van der Waals surface area (Å²) in [6.07, 6.45) is 3.67. The lowest BCUT2D eigenvalue weighted by Crippen LogP contribution is -2.42. The van der Waals surface area contributed by atoms with E-state index >= 15 is 0 Å². The molecule has 20 heavy (non-hydrogen) atoms. The molecule has 5 heteroatoms. The van der Waals surface area contributed by atoms with Gasteiger partial charge in [0.2, 0.25) is 0 Å². The van der Waals surface area contributed by atoms with Crippen molar-refractivity contribution in [1.82, 2.24) is 0 Å². The average Bonchev–Trinajstić information content (AvgIpc) is 2.97. The summed E-state index contributed by atoms with van der Waals surface area (Å²) >= 11 is 3.31. The fraction of sp³-hybridized carbons (Fsp3) is 0.533. The molecule has 110 valence electrons. The van der Waals surface area contributed by atoms with Crippen molar-refractivity contribution in [3.05, 3.63) is 24.3 Å². The number of benzene rings is 1. The van der Waals surface area contributed by atoms with Crippen LogP contribution in [-0.4, -0.2) is 30.6 Å². The molecule has 1 N–H and O–H groups in total. The first kappa shape index (κ1) is 15.3. The Labute approximate surface area is 128 Å². The molecule has 1 aromatic carbocycles. The van der Waals surface area contributed by atoms with Gasteiger partial charge in [-0.3, -0.25) is 4.79 Å². The molecule has 1 aromatic rings. The minimum atomic E-state index is -0.648. The van der Waals surface area contributed by atoms with Crippen LogP contribution in [0.2, 0.25) is 0 Å². The van der Waals surface area contributed by atoms with Gasteiger partial charge in [-0.1, -0.05) is 15.9 Å². The maximum absolute atomic E-state index is 12.4. The molecule has 2 rings (SSSR count). The summed E-state index contributed by atoms with van der Waals surface area (Å²) in [4.78, 5) is 12.4. The zero-order valence-electron chi connectivity index (χ0n) is 11.7. The monoisotopic (exact) mass is 341 g/mol. The van der Waals surface area contributed by atoms with E-state index in [9.17, 15) is 4.79 Å². The lowest BCUT2D eigenvalue weighted by Gasteiger charge is -2.25. The van der Waals surface area contributed by atoms with Crippen molar-refractivity contribution < 1.29 is 14.3 Å². The van der Waals surface area contributed by atoms with Gasteiger partial charge in [0.15, 0.2) is 0 Å². The first-order valence-electron chi connectivity index (χ1n) is 6.86. The highest BCUT2D eigenvalue weighted by molar-refractivity contribution is 9.09. The fourth-order valence-corrected chi connectivity index (χ4v) is 2.67. The van der Waals surface area contributed by atoms with Crippen LogP contribution in [0.25, 0.3) is 0 Å².